The lowest BCUT2D eigenvalue weighted by Crippen LogP contribution is -2.27. The highest BCUT2D eigenvalue weighted by molar-refractivity contribution is 6.08. The van der Waals surface area contributed by atoms with Crippen LogP contribution in [-0.4, -0.2) is 31.6 Å². The van der Waals surface area contributed by atoms with Crippen molar-refractivity contribution in [3.8, 4) is 0 Å². The largest absolute Gasteiger partial charge is 0.459 e. The van der Waals surface area contributed by atoms with Crippen LogP contribution in [0.15, 0.2) is 41.0 Å². The average molecular weight is 330 g/mol. The number of furan rings is 1. The monoisotopic (exact) mass is 330 g/mol. The van der Waals surface area contributed by atoms with Crippen molar-refractivity contribution in [1.29, 1.82) is 0 Å². The van der Waals surface area contributed by atoms with Gasteiger partial charge in [0.2, 0.25) is 0 Å². The Balaban J connectivity index is 2.05. The lowest BCUT2D eigenvalue weighted by atomic mass is 10.1. The third kappa shape index (κ3) is 4.70. The molecule has 2 N–H and O–H groups in total. The summed E-state index contributed by atoms with van der Waals surface area (Å²) in [4.78, 5) is 24.6. The predicted octanol–water partition coefficient (Wildman–Crippen LogP) is 3.00. The number of rotatable bonds is 8. The fourth-order valence-corrected chi connectivity index (χ4v) is 2.22. The first-order chi connectivity index (χ1) is 11.6. The molecule has 2 amide bonds. The molecule has 0 bridgehead atoms. The third-order valence-corrected chi connectivity index (χ3v) is 3.46. The van der Waals surface area contributed by atoms with E-state index < -0.39 is 0 Å². The van der Waals surface area contributed by atoms with Crippen LogP contribution in [0.25, 0.3) is 0 Å². The fourth-order valence-electron chi connectivity index (χ4n) is 2.22. The number of carbonyl (C=O) groups is 2. The Hall–Kier alpha value is -2.60. The Labute approximate surface area is 141 Å². The first-order valence-corrected chi connectivity index (χ1v) is 7.94. The van der Waals surface area contributed by atoms with Crippen LogP contribution in [0.5, 0.6) is 0 Å². The lowest BCUT2D eigenvalue weighted by Gasteiger charge is -2.13. The van der Waals surface area contributed by atoms with Crippen LogP contribution in [0.2, 0.25) is 0 Å². The second kappa shape index (κ2) is 8.88. The number of nitrogens with one attached hydrogen (secondary N) is 2. The molecule has 0 spiro atoms. The summed E-state index contributed by atoms with van der Waals surface area (Å²) in [7, 11) is 0. The van der Waals surface area contributed by atoms with E-state index in [0.29, 0.717) is 31.0 Å². The van der Waals surface area contributed by atoms with Crippen molar-refractivity contribution in [1.82, 2.24) is 5.32 Å². The van der Waals surface area contributed by atoms with Gasteiger partial charge in [0, 0.05) is 19.8 Å². The standard InChI is InChI=1S/C18H22N2O4/c1-3-23-11-6-10-19-17(21)14-8-4-7-13(2)16(14)20-18(22)15-9-5-12-24-15/h4-5,7-9,12H,3,6,10-11H2,1-2H3,(H,19,21)(H,20,22). The molecule has 0 unspecified atom stereocenters. The third-order valence-electron chi connectivity index (χ3n) is 3.46. The summed E-state index contributed by atoms with van der Waals surface area (Å²) in [6.07, 6.45) is 2.16. The molecule has 128 valence electrons. The van der Waals surface area contributed by atoms with Crippen LogP contribution in [0.3, 0.4) is 0 Å². The summed E-state index contributed by atoms with van der Waals surface area (Å²) in [5.74, 6) is -0.425. The van der Waals surface area contributed by atoms with Gasteiger partial charge in [-0.05, 0) is 44.0 Å². The number of hydrogen-bond acceptors (Lipinski definition) is 4. The van der Waals surface area contributed by atoms with E-state index >= 15 is 0 Å². The smallest absolute Gasteiger partial charge is 0.291 e. The maximum atomic E-state index is 12.4. The summed E-state index contributed by atoms with van der Waals surface area (Å²) in [6, 6.07) is 8.51. The molecule has 1 aromatic heterocycles. The molecule has 2 rings (SSSR count). The molecule has 0 aliphatic carbocycles. The highest BCUT2D eigenvalue weighted by Gasteiger charge is 2.17. The van der Waals surface area contributed by atoms with Crippen molar-refractivity contribution >= 4 is 17.5 Å². The number of hydrogen-bond donors (Lipinski definition) is 2. The molecule has 0 radical (unpaired) electrons. The van der Waals surface area contributed by atoms with E-state index in [9.17, 15) is 9.59 Å². The molecule has 0 fully saturated rings. The second-order valence-electron chi connectivity index (χ2n) is 5.24. The van der Waals surface area contributed by atoms with E-state index in [4.69, 9.17) is 9.15 Å². The molecule has 1 heterocycles. The first kappa shape index (κ1) is 17.7. The van der Waals surface area contributed by atoms with E-state index in [0.717, 1.165) is 12.0 Å². The van der Waals surface area contributed by atoms with E-state index in [1.54, 1.807) is 24.3 Å². The molecule has 0 saturated carbocycles. The molecule has 6 heteroatoms. The molecule has 2 aromatic rings. The van der Waals surface area contributed by atoms with Gasteiger partial charge in [-0.3, -0.25) is 9.59 Å². The van der Waals surface area contributed by atoms with E-state index in [1.165, 1.54) is 6.26 Å². The van der Waals surface area contributed by atoms with E-state index in [-0.39, 0.29) is 17.6 Å². The number of para-hydroxylation sites is 1. The van der Waals surface area contributed by atoms with Gasteiger partial charge in [-0.2, -0.15) is 0 Å². The van der Waals surface area contributed by atoms with Gasteiger partial charge in [-0.15, -0.1) is 0 Å². The van der Waals surface area contributed by atoms with Crippen molar-refractivity contribution < 1.29 is 18.7 Å². The van der Waals surface area contributed by atoms with Crippen molar-refractivity contribution in [2.75, 3.05) is 25.1 Å². The summed E-state index contributed by atoms with van der Waals surface area (Å²) >= 11 is 0. The number of aryl methyl sites for hydroxylation is 1. The normalized spacial score (nSPS) is 10.4. The van der Waals surface area contributed by atoms with Crippen molar-refractivity contribution in [3.05, 3.63) is 53.5 Å². The molecular weight excluding hydrogens is 308 g/mol. The molecule has 0 atom stereocenters. The van der Waals surface area contributed by atoms with Gasteiger partial charge < -0.3 is 19.8 Å². The van der Waals surface area contributed by atoms with Crippen molar-refractivity contribution in [2.24, 2.45) is 0 Å². The van der Waals surface area contributed by atoms with Crippen LogP contribution in [0, 0.1) is 6.92 Å². The topological polar surface area (TPSA) is 80.6 Å². The highest BCUT2D eigenvalue weighted by atomic mass is 16.5. The number of carbonyl (C=O) groups excluding carboxylic acids is 2. The van der Waals surface area contributed by atoms with E-state index in [2.05, 4.69) is 10.6 Å². The minimum absolute atomic E-state index is 0.196. The van der Waals surface area contributed by atoms with Crippen LogP contribution in [0.4, 0.5) is 5.69 Å². The van der Waals surface area contributed by atoms with Crippen molar-refractivity contribution in [2.45, 2.75) is 20.3 Å². The molecular formula is C18H22N2O4. The van der Waals surface area contributed by atoms with Gasteiger partial charge in [-0.25, -0.2) is 0 Å². The van der Waals surface area contributed by atoms with Gasteiger partial charge in [-0.1, -0.05) is 12.1 Å². The van der Waals surface area contributed by atoms with Crippen LogP contribution < -0.4 is 10.6 Å². The molecule has 6 nitrogen and oxygen atoms in total. The summed E-state index contributed by atoms with van der Waals surface area (Å²) in [5, 5.41) is 5.59. The Morgan fingerprint density at radius 3 is 2.71 bits per heavy atom. The van der Waals surface area contributed by atoms with Gasteiger partial charge >= 0.3 is 0 Å². The number of amides is 2. The Morgan fingerprint density at radius 2 is 2.00 bits per heavy atom. The average Bonchev–Trinajstić information content (AvgIpc) is 3.11. The number of ether oxygens (including phenoxy) is 1. The Bertz CT molecular complexity index is 680. The quantitative estimate of drug-likeness (QED) is 0.729. The first-order valence-electron chi connectivity index (χ1n) is 7.94. The summed E-state index contributed by atoms with van der Waals surface area (Å²) < 4.78 is 10.3. The maximum Gasteiger partial charge on any atom is 0.291 e. The predicted molar refractivity (Wildman–Crippen MR) is 91.3 cm³/mol. The molecule has 1 aromatic carbocycles. The number of benzene rings is 1. The van der Waals surface area contributed by atoms with Gasteiger partial charge in [0.25, 0.3) is 11.8 Å². The fraction of sp³-hybridized carbons (Fsp3) is 0.333. The molecule has 0 aliphatic heterocycles. The summed E-state index contributed by atoms with van der Waals surface area (Å²) in [5.41, 5.74) is 1.71. The molecule has 0 saturated heterocycles. The van der Waals surface area contributed by atoms with Crippen molar-refractivity contribution in [3.63, 3.8) is 0 Å². The van der Waals surface area contributed by atoms with Crippen LogP contribution in [0.1, 0.15) is 39.8 Å². The lowest BCUT2D eigenvalue weighted by molar-refractivity contribution is 0.0945. The van der Waals surface area contributed by atoms with Crippen LogP contribution in [-0.2, 0) is 4.74 Å². The maximum absolute atomic E-state index is 12.4. The van der Waals surface area contributed by atoms with Gasteiger partial charge in [0.15, 0.2) is 5.76 Å². The SMILES string of the molecule is CCOCCCNC(=O)c1cccc(C)c1NC(=O)c1ccco1. The van der Waals surface area contributed by atoms with Crippen LogP contribution >= 0.6 is 0 Å². The van der Waals surface area contributed by atoms with Gasteiger partial charge in [0.1, 0.15) is 0 Å². The number of anilines is 1. The molecule has 0 aliphatic rings. The Kier molecular flexibility index (Phi) is 6.57. The molecule has 24 heavy (non-hydrogen) atoms. The van der Waals surface area contributed by atoms with Gasteiger partial charge in [0.05, 0.1) is 17.5 Å². The zero-order valence-corrected chi connectivity index (χ0v) is 13.9. The minimum Gasteiger partial charge on any atom is -0.459 e. The zero-order valence-electron chi connectivity index (χ0n) is 13.9. The summed E-state index contributed by atoms with van der Waals surface area (Å²) in [6.45, 7) is 5.54. The zero-order chi connectivity index (χ0) is 17.4. The Morgan fingerprint density at radius 1 is 1.17 bits per heavy atom. The highest BCUT2D eigenvalue weighted by Crippen LogP contribution is 2.21. The minimum atomic E-state index is -0.389. The van der Waals surface area contributed by atoms with E-state index in [1.807, 2.05) is 19.9 Å². The second-order valence-corrected chi connectivity index (χ2v) is 5.24.